The molecule has 33 heavy (non-hydrogen) atoms. The first-order chi connectivity index (χ1) is 16.1. The normalized spacial score (nSPS) is 10.5. The highest BCUT2D eigenvalue weighted by molar-refractivity contribution is 6.02. The molecule has 0 atom stereocenters. The molecule has 2 aromatic heterocycles. The van der Waals surface area contributed by atoms with Gasteiger partial charge in [-0.3, -0.25) is 9.59 Å². The minimum absolute atomic E-state index is 0.166. The van der Waals surface area contributed by atoms with E-state index >= 15 is 0 Å². The van der Waals surface area contributed by atoms with Crippen LogP contribution in [0, 0.1) is 0 Å². The third-order valence-corrected chi connectivity index (χ3v) is 4.73. The lowest BCUT2D eigenvalue weighted by Crippen LogP contribution is -2.22. The number of ether oxygens (including phenoxy) is 2. The molecular weight excluding hydrogens is 424 g/mol. The Kier molecular flexibility index (Phi) is 6.75. The lowest BCUT2D eigenvalue weighted by Gasteiger charge is -2.09. The van der Waals surface area contributed by atoms with Crippen LogP contribution in [0.2, 0.25) is 0 Å². The zero-order valence-electron chi connectivity index (χ0n) is 17.9. The number of rotatable bonds is 9. The molecule has 0 aliphatic carbocycles. The molecule has 2 heterocycles. The second-order valence-electron chi connectivity index (χ2n) is 7.02. The van der Waals surface area contributed by atoms with Crippen molar-refractivity contribution in [1.82, 2.24) is 5.32 Å². The molecule has 0 spiro atoms. The lowest BCUT2D eigenvalue weighted by molar-refractivity contribution is 0.0918. The molecule has 4 aromatic rings. The number of nitrogens with one attached hydrogen (secondary N) is 2. The van der Waals surface area contributed by atoms with Crippen molar-refractivity contribution in [3.05, 3.63) is 102 Å². The maximum Gasteiger partial charge on any atom is 0.291 e. The summed E-state index contributed by atoms with van der Waals surface area (Å²) < 4.78 is 21.6. The van der Waals surface area contributed by atoms with Crippen LogP contribution in [0.4, 0.5) is 5.69 Å². The number of amides is 2. The summed E-state index contributed by atoms with van der Waals surface area (Å²) in [5.41, 5.74) is 1.49. The van der Waals surface area contributed by atoms with Crippen LogP contribution in [0.15, 0.2) is 87.9 Å². The van der Waals surface area contributed by atoms with Gasteiger partial charge < -0.3 is 28.9 Å². The van der Waals surface area contributed by atoms with Gasteiger partial charge in [0.05, 0.1) is 13.4 Å². The molecule has 0 aliphatic rings. The molecule has 2 N–H and O–H groups in total. The Morgan fingerprint density at radius 3 is 2.36 bits per heavy atom. The summed E-state index contributed by atoms with van der Waals surface area (Å²) in [7, 11) is 1.57. The topological polar surface area (TPSA) is 103 Å². The molecule has 0 saturated heterocycles. The summed E-state index contributed by atoms with van der Waals surface area (Å²) in [6, 6.07) is 21.0. The number of hydrogen-bond donors (Lipinski definition) is 2. The minimum atomic E-state index is -0.339. The van der Waals surface area contributed by atoms with Crippen LogP contribution in [0.1, 0.15) is 32.4 Å². The summed E-state index contributed by atoms with van der Waals surface area (Å²) in [4.78, 5) is 24.4. The van der Waals surface area contributed by atoms with Gasteiger partial charge in [-0.2, -0.15) is 0 Å². The largest absolute Gasteiger partial charge is 0.493 e. The summed E-state index contributed by atoms with van der Waals surface area (Å²) in [6.45, 7) is 0.470. The second kappa shape index (κ2) is 10.2. The monoisotopic (exact) mass is 446 g/mol. The highest BCUT2D eigenvalue weighted by atomic mass is 16.5. The molecule has 0 fully saturated rings. The molecule has 168 valence electrons. The Morgan fingerprint density at radius 1 is 0.848 bits per heavy atom. The maximum absolute atomic E-state index is 12.4. The molecule has 4 rings (SSSR count). The van der Waals surface area contributed by atoms with E-state index in [1.54, 1.807) is 55.6 Å². The maximum atomic E-state index is 12.4. The first kappa shape index (κ1) is 21.8. The van der Waals surface area contributed by atoms with E-state index in [-0.39, 0.29) is 29.9 Å². The molecule has 0 aliphatic heterocycles. The van der Waals surface area contributed by atoms with Crippen molar-refractivity contribution in [3.63, 3.8) is 0 Å². The molecule has 8 nitrogen and oxygen atoms in total. The number of hydrogen-bond acceptors (Lipinski definition) is 6. The van der Waals surface area contributed by atoms with Gasteiger partial charge in [-0.1, -0.05) is 24.3 Å². The summed E-state index contributed by atoms with van der Waals surface area (Å²) in [5, 5.41) is 5.55. The molecule has 0 unspecified atom stereocenters. The van der Waals surface area contributed by atoms with Gasteiger partial charge in [0.1, 0.15) is 12.4 Å². The summed E-state index contributed by atoms with van der Waals surface area (Å²) in [6.07, 6.45) is 1.44. The predicted octanol–water partition coefficient (Wildman–Crippen LogP) is 4.64. The Hall–Kier alpha value is -4.46. The van der Waals surface area contributed by atoms with Gasteiger partial charge in [-0.25, -0.2) is 0 Å². The van der Waals surface area contributed by atoms with Crippen molar-refractivity contribution in [2.24, 2.45) is 0 Å². The van der Waals surface area contributed by atoms with E-state index in [1.807, 2.05) is 24.3 Å². The number of carbonyl (C=O) groups excluding carboxylic acids is 2. The summed E-state index contributed by atoms with van der Waals surface area (Å²) in [5.74, 6) is 1.48. The number of methoxy groups -OCH3 is 1. The van der Waals surface area contributed by atoms with Gasteiger partial charge in [0.25, 0.3) is 11.8 Å². The fraction of sp³-hybridized carbons (Fsp3) is 0.120. The lowest BCUT2D eigenvalue weighted by atomic mass is 10.2. The fourth-order valence-corrected chi connectivity index (χ4v) is 3.04. The Balaban J connectivity index is 1.27. The average molecular weight is 446 g/mol. The van der Waals surface area contributed by atoms with Crippen LogP contribution in [-0.2, 0) is 13.2 Å². The van der Waals surface area contributed by atoms with E-state index in [9.17, 15) is 9.59 Å². The molecule has 0 bridgehead atoms. The zero-order valence-corrected chi connectivity index (χ0v) is 17.9. The molecule has 2 aromatic carbocycles. The smallest absolute Gasteiger partial charge is 0.291 e. The van der Waals surface area contributed by atoms with Gasteiger partial charge in [-0.05, 0) is 54.1 Å². The molecule has 0 radical (unpaired) electrons. The third-order valence-electron chi connectivity index (χ3n) is 4.73. The van der Waals surface area contributed by atoms with E-state index in [1.165, 1.54) is 6.26 Å². The van der Waals surface area contributed by atoms with E-state index in [0.717, 1.165) is 5.56 Å². The van der Waals surface area contributed by atoms with E-state index < -0.39 is 0 Å². The molecule has 2 amide bonds. The van der Waals surface area contributed by atoms with Crippen molar-refractivity contribution in [3.8, 4) is 11.5 Å². The van der Waals surface area contributed by atoms with E-state index in [0.29, 0.717) is 29.5 Å². The number of benzene rings is 2. The first-order valence-corrected chi connectivity index (χ1v) is 10.2. The van der Waals surface area contributed by atoms with Crippen molar-refractivity contribution >= 4 is 17.5 Å². The van der Waals surface area contributed by atoms with Crippen LogP contribution in [-0.4, -0.2) is 18.9 Å². The Morgan fingerprint density at radius 2 is 1.64 bits per heavy atom. The van der Waals surface area contributed by atoms with Crippen LogP contribution in [0.25, 0.3) is 0 Å². The highest BCUT2D eigenvalue weighted by Gasteiger charge is 2.13. The number of anilines is 1. The first-order valence-electron chi connectivity index (χ1n) is 10.2. The van der Waals surface area contributed by atoms with Gasteiger partial charge in [0.15, 0.2) is 23.0 Å². The van der Waals surface area contributed by atoms with Gasteiger partial charge in [-0.15, -0.1) is 0 Å². The van der Waals surface area contributed by atoms with Crippen LogP contribution in [0.3, 0.4) is 0 Å². The highest BCUT2D eigenvalue weighted by Crippen LogP contribution is 2.26. The number of para-hydroxylation sites is 2. The quantitative estimate of drug-likeness (QED) is 0.388. The molecule has 0 saturated carbocycles. The molecule has 8 heteroatoms. The SMILES string of the molecule is COc1ccccc1OCc1ccc(C(=O)NCc2ccc(NC(=O)c3ccco3)cc2)o1. The third kappa shape index (κ3) is 5.62. The average Bonchev–Trinajstić information content (AvgIpc) is 3.55. The standard InChI is InChI=1S/C25H22N2O6/c1-30-20-5-2-3-6-21(20)32-16-19-12-13-23(33-19)24(28)26-15-17-8-10-18(11-9-17)27-25(29)22-7-4-14-31-22/h2-14H,15-16H2,1H3,(H,26,28)(H,27,29). The van der Waals surface area contributed by atoms with Gasteiger partial charge in [0, 0.05) is 12.2 Å². The van der Waals surface area contributed by atoms with Crippen molar-refractivity contribution < 1.29 is 27.9 Å². The van der Waals surface area contributed by atoms with Crippen LogP contribution >= 0.6 is 0 Å². The van der Waals surface area contributed by atoms with Gasteiger partial charge >= 0.3 is 0 Å². The van der Waals surface area contributed by atoms with E-state index in [4.69, 9.17) is 18.3 Å². The van der Waals surface area contributed by atoms with Gasteiger partial charge in [0.2, 0.25) is 0 Å². The Bertz CT molecular complexity index is 1210. The Labute approximate surface area is 190 Å². The zero-order chi connectivity index (χ0) is 23.0. The van der Waals surface area contributed by atoms with E-state index in [2.05, 4.69) is 10.6 Å². The number of carbonyl (C=O) groups is 2. The van der Waals surface area contributed by atoms with Crippen LogP contribution < -0.4 is 20.1 Å². The van der Waals surface area contributed by atoms with Crippen molar-refractivity contribution in [2.75, 3.05) is 12.4 Å². The number of furan rings is 2. The second-order valence-corrected chi connectivity index (χ2v) is 7.02. The van der Waals surface area contributed by atoms with Crippen molar-refractivity contribution in [2.45, 2.75) is 13.2 Å². The van der Waals surface area contributed by atoms with Crippen molar-refractivity contribution in [1.29, 1.82) is 0 Å². The summed E-state index contributed by atoms with van der Waals surface area (Å²) >= 11 is 0. The minimum Gasteiger partial charge on any atom is -0.493 e. The fourth-order valence-electron chi connectivity index (χ4n) is 3.04. The molecular formula is C25H22N2O6. The predicted molar refractivity (Wildman–Crippen MR) is 120 cm³/mol. The van der Waals surface area contributed by atoms with Crippen LogP contribution in [0.5, 0.6) is 11.5 Å².